The Morgan fingerprint density at radius 1 is 1.33 bits per heavy atom. The van der Waals surface area contributed by atoms with E-state index >= 15 is 0 Å². The van der Waals surface area contributed by atoms with E-state index in [-0.39, 0.29) is 11.7 Å². The Balaban J connectivity index is 1.57. The molecular weight excluding hydrogens is 490 g/mol. The zero-order chi connectivity index (χ0) is 21.3. The van der Waals surface area contributed by atoms with Crippen molar-refractivity contribution < 1.29 is 14.3 Å². The highest BCUT2D eigenvalue weighted by molar-refractivity contribution is 9.10. The lowest BCUT2D eigenvalue weighted by Gasteiger charge is -2.13. The van der Waals surface area contributed by atoms with Crippen LogP contribution in [0.1, 0.15) is 11.1 Å². The van der Waals surface area contributed by atoms with Gasteiger partial charge in [-0.05, 0) is 39.2 Å². The summed E-state index contributed by atoms with van der Waals surface area (Å²) in [6, 6.07) is 13.5. The average Bonchev–Trinajstić information content (AvgIpc) is 3.17. The van der Waals surface area contributed by atoms with E-state index in [0.717, 1.165) is 15.6 Å². The van der Waals surface area contributed by atoms with Crippen LogP contribution >= 0.6 is 39.0 Å². The van der Waals surface area contributed by atoms with Crippen molar-refractivity contribution >= 4 is 56.3 Å². The minimum Gasteiger partial charge on any atom is -0.493 e. The lowest BCUT2D eigenvalue weighted by Crippen LogP contribution is -2.19. The number of thioether (sulfide) groups is 1. The van der Waals surface area contributed by atoms with Crippen molar-refractivity contribution in [1.82, 2.24) is 15.6 Å². The molecule has 0 aliphatic heterocycles. The van der Waals surface area contributed by atoms with Gasteiger partial charge in [0, 0.05) is 0 Å². The first-order chi connectivity index (χ1) is 14.5. The second-order valence-corrected chi connectivity index (χ2v) is 8.88. The highest BCUT2D eigenvalue weighted by atomic mass is 79.9. The van der Waals surface area contributed by atoms with Crippen LogP contribution in [-0.2, 0) is 11.4 Å². The molecule has 1 heterocycles. The molecule has 2 aromatic carbocycles. The van der Waals surface area contributed by atoms with Crippen LogP contribution in [0.2, 0.25) is 0 Å². The molecule has 1 amide bonds. The summed E-state index contributed by atoms with van der Waals surface area (Å²) in [4.78, 5) is 11.9. The quantitative estimate of drug-likeness (QED) is 0.258. The van der Waals surface area contributed by atoms with E-state index in [4.69, 9.17) is 15.2 Å². The number of methoxy groups -OCH3 is 1. The largest absolute Gasteiger partial charge is 0.493 e. The fourth-order valence-corrected chi connectivity index (χ4v) is 4.30. The molecule has 0 saturated heterocycles. The van der Waals surface area contributed by atoms with Gasteiger partial charge in [-0.15, -0.1) is 10.2 Å². The third-order valence-electron chi connectivity index (χ3n) is 3.63. The number of hydrogen-bond donors (Lipinski definition) is 2. The summed E-state index contributed by atoms with van der Waals surface area (Å²) >= 11 is 5.98. The number of nitrogens with two attached hydrogens (primary N) is 1. The van der Waals surface area contributed by atoms with Gasteiger partial charge >= 0.3 is 0 Å². The summed E-state index contributed by atoms with van der Waals surface area (Å²) in [6.45, 7) is 0.414. The van der Waals surface area contributed by atoms with E-state index in [1.807, 2.05) is 36.4 Å². The number of nitrogens with zero attached hydrogens (tertiary/aromatic N) is 3. The molecule has 0 unspecified atom stereocenters. The molecule has 0 radical (unpaired) electrons. The molecule has 0 bridgehead atoms. The Morgan fingerprint density at radius 2 is 2.13 bits per heavy atom. The van der Waals surface area contributed by atoms with Crippen LogP contribution in [-0.4, -0.2) is 35.2 Å². The Bertz CT molecular complexity index is 1030. The van der Waals surface area contributed by atoms with Crippen molar-refractivity contribution in [3.05, 3.63) is 58.1 Å². The molecule has 1 aromatic heterocycles. The summed E-state index contributed by atoms with van der Waals surface area (Å²) in [5.74, 6) is 1.04. The molecule has 8 nitrogen and oxygen atoms in total. The van der Waals surface area contributed by atoms with Crippen LogP contribution in [0.4, 0.5) is 5.13 Å². The van der Waals surface area contributed by atoms with Gasteiger partial charge in [0.05, 0.1) is 23.5 Å². The van der Waals surface area contributed by atoms with Crippen LogP contribution in [0.25, 0.3) is 0 Å². The monoisotopic (exact) mass is 507 g/mol. The molecule has 3 N–H and O–H groups in total. The number of nitrogens with one attached hydrogen (secondary N) is 1. The number of hydrazone groups is 1. The van der Waals surface area contributed by atoms with Crippen LogP contribution in [0.5, 0.6) is 11.5 Å². The predicted molar refractivity (Wildman–Crippen MR) is 122 cm³/mol. The second-order valence-electron chi connectivity index (χ2n) is 5.80. The highest BCUT2D eigenvalue weighted by Crippen LogP contribution is 2.36. The van der Waals surface area contributed by atoms with Gasteiger partial charge in [0.1, 0.15) is 6.61 Å². The maximum atomic E-state index is 11.9. The number of carbonyl (C=O) groups is 1. The number of halogens is 1. The van der Waals surface area contributed by atoms with Gasteiger partial charge in [0.2, 0.25) is 5.13 Å². The first-order valence-electron chi connectivity index (χ1n) is 8.63. The molecule has 0 aliphatic carbocycles. The smallest absolute Gasteiger partial charge is 0.250 e. The minimum absolute atomic E-state index is 0.158. The molecule has 0 saturated carbocycles. The fourth-order valence-electron chi connectivity index (χ4n) is 2.30. The van der Waals surface area contributed by atoms with Gasteiger partial charge in [-0.25, -0.2) is 5.43 Å². The van der Waals surface area contributed by atoms with Crippen molar-refractivity contribution in [3.8, 4) is 11.5 Å². The lowest BCUT2D eigenvalue weighted by atomic mass is 10.2. The predicted octanol–water partition coefficient (Wildman–Crippen LogP) is 3.71. The molecule has 3 aromatic rings. The van der Waals surface area contributed by atoms with Crippen LogP contribution in [0.3, 0.4) is 0 Å². The molecule has 30 heavy (non-hydrogen) atoms. The van der Waals surface area contributed by atoms with Gasteiger partial charge in [-0.2, -0.15) is 5.10 Å². The van der Waals surface area contributed by atoms with Gasteiger partial charge in [0.15, 0.2) is 15.8 Å². The van der Waals surface area contributed by atoms with Gasteiger partial charge in [0.25, 0.3) is 5.91 Å². The Morgan fingerprint density at radius 3 is 2.83 bits per heavy atom. The summed E-state index contributed by atoms with van der Waals surface area (Å²) < 4.78 is 12.7. The number of benzene rings is 2. The number of nitrogen functional groups attached to an aromatic ring is 1. The third-order valence-corrected chi connectivity index (χ3v) is 6.10. The molecular formula is C19H18BrN5O3S2. The first kappa shape index (κ1) is 22.1. The molecule has 156 valence electrons. The second kappa shape index (κ2) is 11.0. The number of aromatic nitrogens is 2. The van der Waals surface area contributed by atoms with Gasteiger partial charge in [-0.1, -0.05) is 53.4 Å². The molecule has 0 fully saturated rings. The van der Waals surface area contributed by atoms with E-state index in [9.17, 15) is 4.79 Å². The van der Waals surface area contributed by atoms with Crippen LogP contribution < -0.4 is 20.6 Å². The van der Waals surface area contributed by atoms with Crippen molar-refractivity contribution in [1.29, 1.82) is 0 Å². The number of carbonyl (C=O) groups excluding carboxylic acids is 1. The molecule has 0 spiro atoms. The maximum absolute atomic E-state index is 11.9. The minimum atomic E-state index is -0.265. The third kappa shape index (κ3) is 6.44. The first-order valence-corrected chi connectivity index (χ1v) is 11.2. The molecule has 0 atom stereocenters. The molecule has 0 aliphatic rings. The van der Waals surface area contributed by atoms with Crippen LogP contribution in [0.15, 0.2) is 56.4 Å². The number of anilines is 1. The van der Waals surface area contributed by atoms with Crippen molar-refractivity contribution in [3.63, 3.8) is 0 Å². The van der Waals surface area contributed by atoms with E-state index in [1.54, 1.807) is 13.2 Å². The normalized spacial score (nSPS) is 10.9. The molecule has 3 rings (SSSR count). The van der Waals surface area contributed by atoms with E-state index in [1.165, 1.54) is 29.3 Å². The average molecular weight is 508 g/mol. The summed E-state index contributed by atoms with van der Waals surface area (Å²) in [7, 11) is 1.57. The molecule has 11 heteroatoms. The highest BCUT2D eigenvalue weighted by Gasteiger charge is 2.12. The summed E-state index contributed by atoms with van der Waals surface area (Å²) in [6.07, 6.45) is 1.53. The zero-order valence-corrected chi connectivity index (χ0v) is 19.1. The van der Waals surface area contributed by atoms with Gasteiger partial charge in [-0.3, -0.25) is 4.79 Å². The van der Waals surface area contributed by atoms with E-state index in [0.29, 0.717) is 27.6 Å². The van der Waals surface area contributed by atoms with Crippen LogP contribution in [0, 0.1) is 0 Å². The van der Waals surface area contributed by atoms with E-state index in [2.05, 4.69) is 36.7 Å². The topological polar surface area (TPSA) is 112 Å². The Kier molecular flexibility index (Phi) is 8.05. The number of amides is 1. The zero-order valence-electron chi connectivity index (χ0n) is 15.9. The van der Waals surface area contributed by atoms with Crippen molar-refractivity contribution in [2.45, 2.75) is 10.9 Å². The van der Waals surface area contributed by atoms with Crippen molar-refractivity contribution in [2.75, 3.05) is 18.6 Å². The SMILES string of the molecule is COc1cc(C=NNC(=O)CSc2nnc(N)s2)cc(Br)c1OCc1ccccc1. The fraction of sp³-hybridized carbons (Fsp3) is 0.158. The number of hydrogen-bond acceptors (Lipinski definition) is 9. The van der Waals surface area contributed by atoms with Crippen molar-refractivity contribution in [2.24, 2.45) is 5.10 Å². The Hall–Kier alpha value is -2.63. The summed E-state index contributed by atoms with van der Waals surface area (Å²) in [5, 5.41) is 11.9. The standard InChI is InChI=1S/C19H18BrN5O3S2/c1-27-15-8-13(7-14(20)17(15)28-10-12-5-3-2-4-6-12)9-22-23-16(26)11-29-19-25-24-18(21)30-19/h2-9H,10-11H2,1H3,(H2,21,24)(H,23,26). The number of ether oxygens (including phenoxy) is 2. The van der Waals surface area contributed by atoms with E-state index < -0.39 is 0 Å². The maximum Gasteiger partial charge on any atom is 0.250 e. The lowest BCUT2D eigenvalue weighted by molar-refractivity contribution is -0.118. The van der Waals surface area contributed by atoms with Gasteiger partial charge < -0.3 is 15.2 Å². The Labute approximate surface area is 190 Å². The summed E-state index contributed by atoms with van der Waals surface area (Å²) in [5.41, 5.74) is 9.76. The number of rotatable bonds is 9.